The van der Waals surface area contributed by atoms with Crippen LogP contribution >= 0.6 is 0 Å². The Kier molecular flexibility index (Phi) is 2.40. The minimum atomic E-state index is -3.54. The first-order valence-electron chi connectivity index (χ1n) is 4.50. The van der Waals surface area contributed by atoms with Gasteiger partial charge in [0.2, 0.25) is 0 Å². The monoisotopic (exact) mass is 236 g/mol. The van der Waals surface area contributed by atoms with Crippen LogP contribution in [0, 0.1) is 18.3 Å². The number of hydrogen-bond acceptors (Lipinski definition) is 5. The molecule has 0 fully saturated rings. The molecule has 0 aliphatic rings. The van der Waals surface area contributed by atoms with Gasteiger partial charge in [0.25, 0.3) is 0 Å². The molecule has 82 valence electrons. The largest absolute Gasteiger partial charge is 0.441 e. The van der Waals surface area contributed by atoms with E-state index >= 15 is 0 Å². The highest BCUT2D eigenvalue weighted by molar-refractivity contribution is 7.91. The lowest BCUT2D eigenvalue weighted by atomic mass is 10.3. The number of benzene rings is 1. The molecule has 16 heavy (non-hydrogen) atoms. The Hall–Kier alpha value is -1.87. The van der Waals surface area contributed by atoms with Crippen molar-refractivity contribution in [3.63, 3.8) is 0 Å². The second-order valence-corrected chi connectivity index (χ2v) is 5.27. The third kappa shape index (κ3) is 1.77. The number of nitrogens with zero attached hydrogens (tertiary/aromatic N) is 2. The summed E-state index contributed by atoms with van der Waals surface area (Å²) in [5.41, 5.74) is 1.02. The van der Waals surface area contributed by atoms with Crippen LogP contribution in [0.2, 0.25) is 0 Å². The lowest BCUT2D eigenvalue weighted by Crippen LogP contribution is -2.04. The fourth-order valence-electron chi connectivity index (χ4n) is 1.38. The number of aryl methyl sites for hydroxylation is 1. The van der Waals surface area contributed by atoms with Gasteiger partial charge in [-0.15, -0.1) is 0 Å². The first kappa shape index (κ1) is 10.6. The van der Waals surface area contributed by atoms with Gasteiger partial charge in [-0.1, -0.05) is 0 Å². The Labute approximate surface area is 92.2 Å². The van der Waals surface area contributed by atoms with Crippen molar-refractivity contribution in [2.45, 2.75) is 11.8 Å². The molecule has 0 aliphatic carbocycles. The van der Waals surface area contributed by atoms with Gasteiger partial charge in [0.05, 0.1) is 11.0 Å². The summed E-state index contributed by atoms with van der Waals surface area (Å²) in [6.45, 7) is 1.68. The molecular formula is C10H8N2O3S. The Morgan fingerprint density at radius 2 is 2.25 bits per heavy atom. The van der Waals surface area contributed by atoms with E-state index in [0.29, 0.717) is 17.0 Å². The summed E-state index contributed by atoms with van der Waals surface area (Å²) in [6, 6.07) is 6.00. The van der Waals surface area contributed by atoms with E-state index in [2.05, 4.69) is 4.98 Å². The quantitative estimate of drug-likeness (QED) is 0.787. The summed E-state index contributed by atoms with van der Waals surface area (Å²) < 4.78 is 28.4. The molecule has 0 N–H and O–H groups in total. The molecule has 2 aromatic rings. The lowest BCUT2D eigenvalue weighted by molar-refractivity contribution is 0.561. The van der Waals surface area contributed by atoms with Crippen molar-refractivity contribution in [1.29, 1.82) is 5.26 Å². The molecule has 6 heteroatoms. The number of hydrogen-bond donors (Lipinski definition) is 0. The average Bonchev–Trinajstić information content (AvgIpc) is 2.56. The number of rotatable bonds is 2. The molecule has 0 unspecified atom stereocenters. The maximum atomic E-state index is 11.6. The average molecular weight is 236 g/mol. The van der Waals surface area contributed by atoms with Gasteiger partial charge in [-0.25, -0.2) is 13.4 Å². The predicted octanol–water partition coefficient (Wildman–Crippen LogP) is 1.43. The molecule has 0 aliphatic heterocycles. The minimum Gasteiger partial charge on any atom is -0.441 e. The number of fused-ring (bicyclic) bond motifs is 1. The fourth-order valence-corrected chi connectivity index (χ4v) is 2.29. The minimum absolute atomic E-state index is 0.0925. The summed E-state index contributed by atoms with van der Waals surface area (Å²) in [6.07, 6.45) is 0. The van der Waals surface area contributed by atoms with E-state index in [9.17, 15) is 8.42 Å². The van der Waals surface area contributed by atoms with Gasteiger partial charge in [-0.2, -0.15) is 5.26 Å². The molecule has 5 nitrogen and oxygen atoms in total. The Morgan fingerprint density at radius 1 is 1.50 bits per heavy atom. The lowest BCUT2D eigenvalue weighted by Gasteiger charge is -1.98. The van der Waals surface area contributed by atoms with Crippen molar-refractivity contribution in [2.75, 3.05) is 5.75 Å². The number of oxazole rings is 1. The zero-order valence-electron chi connectivity index (χ0n) is 8.47. The van der Waals surface area contributed by atoms with Crippen molar-refractivity contribution >= 4 is 20.9 Å². The van der Waals surface area contributed by atoms with Crippen molar-refractivity contribution in [1.82, 2.24) is 4.98 Å². The number of sulfone groups is 1. The van der Waals surface area contributed by atoms with Crippen LogP contribution in [-0.4, -0.2) is 19.2 Å². The second-order valence-electron chi connectivity index (χ2n) is 3.28. The van der Waals surface area contributed by atoms with E-state index in [0.717, 1.165) is 0 Å². The highest BCUT2D eigenvalue weighted by Gasteiger charge is 2.15. The van der Waals surface area contributed by atoms with E-state index in [1.165, 1.54) is 12.1 Å². The highest BCUT2D eigenvalue weighted by atomic mass is 32.2. The van der Waals surface area contributed by atoms with Gasteiger partial charge in [0.15, 0.2) is 21.3 Å². The molecular weight excluding hydrogens is 228 g/mol. The number of nitriles is 1. The molecule has 0 bridgehead atoms. The molecule has 0 radical (unpaired) electrons. The third-order valence-electron chi connectivity index (χ3n) is 2.08. The summed E-state index contributed by atoms with van der Waals surface area (Å²) in [7, 11) is -3.54. The molecule has 1 aromatic carbocycles. The van der Waals surface area contributed by atoms with Gasteiger partial charge in [0, 0.05) is 6.92 Å². The summed E-state index contributed by atoms with van der Waals surface area (Å²) >= 11 is 0. The molecule has 1 aromatic heterocycles. The predicted molar refractivity (Wildman–Crippen MR) is 56.4 cm³/mol. The Bertz CT molecular complexity index is 680. The van der Waals surface area contributed by atoms with Crippen molar-refractivity contribution in [3.8, 4) is 6.07 Å². The van der Waals surface area contributed by atoms with E-state index < -0.39 is 15.6 Å². The van der Waals surface area contributed by atoms with E-state index in [4.69, 9.17) is 9.68 Å². The van der Waals surface area contributed by atoms with E-state index in [-0.39, 0.29) is 4.90 Å². The van der Waals surface area contributed by atoms with Crippen LogP contribution in [0.4, 0.5) is 0 Å². The molecule has 1 heterocycles. The molecule has 0 spiro atoms. The van der Waals surface area contributed by atoms with Crippen molar-refractivity contribution in [2.24, 2.45) is 0 Å². The van der Waals surface area contributed by atoms with E-state index in [1.54, 1.807) is 19.1 Å². The van der Waals surface area contributed by atoms with Crippen molar-refractivity contribution in [3.05, 3.63) is 24.1 Å². The zero-order valence-corrected chi connectivity index (χ0v) is 9.28. The van der Waals surface area contributed by atoms with Crippen LogP contribution in [0.5, 0.6) is 0 Å². The van der Waals surface area contributed by atoms with Gasteiger partial charge in [-0.05, 0) is 18.2 Å². The van der Waals surface area contributed by atoms with Gasteiger partial charge >= 0.3 is 0 Å². The zero-order chi connectivity index (χ0) is 11.8. The smallest absolute Gasteiger partial charge is 0.192 e. The molecule has 0 amide bonds. The summed E-state index contributed by atoms with van der Waals surface area (Å²) in [5.74, 6) is -0.0557. The molecule has 0 saturated heterocycles. The Morgan fingerprint density at radius 3 is 2.94 bits per heavy atom. The van der Waals surface area contributed by atoms with Gasteiger partial charge < -0.3 is 4.42 Å². The van der Waals surface area contributed by atoms with Gasteiger partial charge in [-0.3, -0.25) is 0 Å². The first-order chi connectivity index (χ1) is 7.53. The van der Waals surface area contributed by atoms with Crippen LogP contribution in [0.15, 0.2) is 27.5 Å². The molecule has 0 atom stereocenters. The summed E-state index contributed by atoms with van der Waals surface area (Å²) in [4.78, 5) is 4.13. The van der Waals surface area contributed by atoms with Gasteiger partial charge in [0.1, 0.15) is 11.3 Å². The Balaban J connectivity index is 2.60. The fraction of sp³-hybridized carbons (Fsp3) is 0.200. The summed E-state index contributed by atoms with van der Waals surface area (Å²) in [5, 5.41) is 8.42. The maximum absolute atomic E-state index is 11.6. The SMILES string of the molecule is Cc1nc2cc(S(=O)(=O)CC#N)ccc2o1. The topological polar surface area (TPSA) is 84.0 Å². The third-order valence-corrected chi connectivity index (χ3v) is 3.56. The first-order valence-corrected chi connectivity index (χ1v) is 6.15. The van der Waals surface area contributed by atoms with Crippen molar-refractivity contribution < 1.29 is 12.8 Å². The maximum Gasteiger partial charge on any atom is 0.192 e. The standard InChI is InChI=1S/C10H8N2O3S/c1-7-12-9-6-8(2-3-10(9)15-7)16(13,14)5-4-11/h2-3,6H,5H2,1H3. The van der Waals surface area contributed by atoms with Crippen LogP contribution in [0.3, 0.4) is 0 Å². The normalized spacial score (nSPS) is 11.5. The second kappa shape index (κ2) is 3.61. The van der Waals surface area contributed by atoms with Crippen LogP contribution in [0.25, 0.3) is 11.1 Å². The number of aromatic nitrogens is 1. The van der Waals surface area contributed by atoms with Crippen LogP contribution in [-0.2, 0) is 9.84 Å². The van der Waals surface area contributed by atoms with Crippen LogP contribution < -0.4 is 0 Å². The highest BCUT2D eigenvalue weighted by Crippen LogP contribution is 2.20. The molecule has 0 saturated carbocycles. The van der Waals surface area contributed by atoms with E-state index in [1.807, 2.05) is 0 Å². The van der Waals surface area contributed by atoms with Crippen LogP contribution in [0.1, 0.15) is 5.89 Å². The molecule has 2 rings (SSSR count).